The number of carbonyl (C=O) groups is 3. The Morgan fingerprint density at radius 1 is 0.630 bits per heavy atom. The lowest BCUT2D eigenvalue weighted by molar-refractivity contribution is -0.134. The molecule has 0 aliphatic heterocycles. The van der Waals surface area contributed by atoms with Crippen molar-refractivity contribution in [3.63, 3.8) is 0 Å². The van der Waals surface area contributed by atoms with Crippen LogP contribution in [0.15, 0.2) is 121 Å². The lowest BCUT2D eigenvalue weighted by Gasteiger charge is -2.25. The summed E-state index contributed by atoms with van der Waals surface area (Å²) in [6.07, 6.45) is 33.7. The summed E-state index contributed by atoms with van der Waals surface area (Å²) < 4.78 is 5.98. The van der Waals surface area contributed by atoms with Crippen LogP contribution in [0, 0.1) is 0 Å². The quantitative estimate of drug-likeness (QED) is 0.0539. The van der Waals surface area contributed by atoms with Gasteiger partial charge in [-0.15, -0.1) is 0 Å². The molecule has 0 radical (unpaired) electrons. The van der Waals surface area contributed by atoms with E-state index in [-0.39, 0.29) is 17.7 Å². The van der Waals surface area contributed by atoms with Gasteiger partial charge >= 0.3 is 0 Å². The molecule has 0 bridgehead atoms. The first kappa shape index (κ1) is 45.5. The van der Waals surface area contributed by atoms with Crippen molar-refractivity contribution in [3.8, 4) is 5.75 Å². The van der Waals surface area contributed by atoms with E-state index in [1.165, 1.54) is 0 Å². The fourth-order valence-corrected chi connectivity index (χ4v) is 5.05. The van der Waals surface area contributed by atoms with Crippen molar-refractivity contribution in [1.29, 1.82) is 0 Å². The Balaban J connectivity index is 1.46. The summed E-state index contributed by atoms with van der Waals surface area (Å²) >= 11 is 5.89. The van der Waals surface area contributed by atoms with E-state index in [2.05, 4.69) is 101 Å². The van der Waals surface area contributed by atoms with Crippen molar-refractivity contribution >= 4 is 29.3 Å². The molecular formula is C45H61ClN4O4. The van der Waals surface area contributed by atoms with Crippen LogP contribution in [0.3, 0.4) is 0 Å². The molecule has 0 spiro atoms. The number of nitrogens with one attached hydrogen (secondary N) is 4. The first-order valence-corrected chi connectivity index (χ1v) is 19.6. The number of ether oxygens (including phenoxy) is 1. The maximum absolute atomic E-state index is 12.8. The molecule has 0 heterocycles. The van der Waals surface area contributed by atoms with E-state index in [4.69, 9.17) is 16.3 Å². The number of amides is 3. The highest BCUT2D eigenvalue weighted by Gasteiger charge is 2.29. The van der Waals surface area contributed by atoms with Crippen LogP contribution in [-0.4, -0.2) is 56.0 Å². The van der Waals surface area contributed by atoms with Gasteiger partial charge in [0.1, 0.15) is 5.75 Å². The first-order valence-electron chi connectivity index (χ1n) is 19.2. The first-order chi connectivity index (χ1) is 26.2. The largest absolute Gasteiger partial charge is 0.478 e. The number of halogens is 1. The molecule has 2 aromatic carbocycles. The molecule has 4 N–H and O–H groups in total. The van der Waals surface area contributed by atoms with Crippen LogP contribution in [0.1, 0.15) is 88.1 Å². The van der Waals surface area contributed by atoms with Crippen LogP contribution in [0.4, 0.5) is 0 Å². The highest BCUT2D eigenvalue weighted by atomic mass is 35.5. The Kier molecular flexibility index (Phi) is 24.3. The van der Waals surface area contributed by atoms with E-state index in [0.29, 0.717) is 68.3 Å². The van der Waals surface area contributed by atoms with Gasteiger partial charge in [-0.05, 0) is 107 Å². The van der Waals surface area contributed by atoms with Crippen molar-refractivity contribution in [2.75, 3.05) is 32.7 Å². The van der Waals surface area contributed by atoms with E-state index >= 15 is 0 Å². The number of benzene rings is 2. The molecule has 0 atom stereocenters. The molecule has 3 amide bonds. The molecule has 0 fully saturated rings. The predicted octanol–water partition coefficient (Wildman–Crippen LogP) is 8.77. The Hall–Kier alpha value is -4.66. The smallest absolute Gasteiger partial charge is 0.263 e. The highest BCUT2D eigenvalue weighted by Crippen LogP contribution is 2.19. The molecule has 9 heteroatoms. The second kappa shape index (κ2) is 28.8. The summed E-state index contributed by atoms with van der Waals surface area (Å²) in [5.74, 6) is 0.238. The summed E-state index contributed by atoms with van der Waals surface area (Å²) in [5.41, 5.74) is 0.533. The van der Waals surface area contributed by atoms with Crippen LogP contribution in [0.25, 0.3) is 0 Å². The van der Waals surface area contributed by atoms with Crippen molar-refractivity contribution in [1.82, 2.24) is 21.3 Å². The van der Waals surface area contributed by atoms with Crippen LogP contribution >= 0.6 is 11.6 Å². The zero-order valence-corrected chi connectivity index (χ0v) is 33.2. The van der Waals surface area contributed by atoms with Gasteiger partial charge in [-0.2, -0.15) is 0 Å². The summed E-state index contributed by atoms with van der Waals surface area (Å²) in [7, 11) is 0. The number of rotatable bonds is 27. The van der Waals surface area contributed by atoms with Crippen molar-refractivity contribution < 1.29 is 19.1 Å². The van der Waals surface area contributed by atoms with Gasteiger partial charge in [-0.3, -0.25) is 14.4 Å². The average molecular weight is 757 g/mol. The maximum atomic E-state index is 12.8. The molecule has 0 aromatic heterocycles. The standard InChI is InChI=1S/C45H61ClN4O4/c1-4-5-6-7-8-9-10-11-12-13-14-15-16-17-18-19-20-21-22-23-42(51)48-36-34-47-35-37-50-44(53)45(2,3)54-41-30-24-38(25-31-41)32-33-49-43(52)39-26-28-40(46)29-27-39/h5-6,8-9,11-12,14-15,17-18,20-21,24-31,47H,4,7,10,13,16,19,22-23,32-37H2,1-3H3,(H,48,51)(H,49,52)(H,50,53)/b6-5-,9-8-,12-11-,15-14-,18-17-,21-20-. The number of hydrogen-bond acceptors (Lipinski definition) is 5. The molecule has 292 valence electrons. The monoisotopic (exact) mass is 756 g/mol. The summed E-state index contributed by atoms with van der Waals surface area (Å²) in [5, 5.41) is 12.6. The van der Waals surface area contributed by atoms with Gasteiger partial charge < -0.3 is 26.0 Å². The summed E-state index contributed by atoms with van der Waals surface area (Å²) in [6.45, 7) is 8.23. The van der Waals surface area contributed by atoms with Gasteiger partial charge in [-0.25, -0.2) is 0 Å². The molecule has 0 aliphatic rings. The van der Waals surface area contributed by atoms with E-state index in [9.17, 15) is 14.4 Å². The lowest BCUT2D eigenvalue weighted by atomic mass is 10.1. The maximum Gasteiger partial charge on any atom is 0.263 e. The third kappa shape index (κ3) is 22.4. The van der Waals surface area contributed by atoms with E-state index in [1.54, 1.807) is 38.1 Å². The van der Waals surface area contributed by atoms with Gasteiger partial charge in [0, 0.05) is 49.7 Å². The van der Waals surface area contributed by atoms with Crippen LogP contribution in [0.2, 0.25) is 5.02 Å². The zero-order chi connectivity index (χ0) is 39.1. The fourth-order valence-electron chi connectivity index (χ4n) is 4.92. The Morgan fingerprint density at radius 2 is 1.15 bits per heavy atom. The highest BCUT2D eigenvalue weighted by molar-refractivity contribution is 6.30. The fraction of sp³-hybridized carbons (Fsp3) is 0.400. The second-order valence-electron chi connectivity index (χ2n) is 13.1. The summed E-state index contributed by atoms with van der Waals surface area (Å²) in [6, 6.07) is 14.3. The van der Waals surface area contributed by atoms with Crippen LogP contribution < -0.4 is 26.0 Å². The minimum absolute atomic E-state index is 0.0255. The normalized spacial score (nSPS) is 12.2. The molecule has 0 saturated carbocycles. The summed E-state index contributed by atoms with van der Waals surface area (Å²) in [4.78, 5) is 37.2. The van der Waals surface area contributed by atoms with Gasteiger partial charge in [0.2, 0.25) is 5.91 Å². The molecule has 54 heavy (non-hydrogen) atoms. The van der Waals surface area contributed by atoms with Crippen LogP contribution in [0.5, 0.6) is 5.75 Å². The predicted molar refractivity (Wildman–Crippen MR) is 225 cm³/mol. The minimum Gasteiger partial charge on any atom is -0.478 e. The SMILES string of the molecule is CC/C=C\C/C=C\C/C=C\C/C=C\C/C=C\C/C=C\CCC(=O)NCCNCCNC(=O)C(C)(C)Oc1ccc(CCNC(=O)c2ccc(Cl)cc2)cc1. The molecule has 2 aromatic rings. The molecule has 0 unspecified atom stereocenters. The molecule has 2 rings (SSSR count). The van der Waals surface area contributed by atoms with E-state index in [0.717, 1.165) is 44.1 Å². The van der Waals surface area contributed by atoms with E-state index < -0.39 is 5.60 Å². The number of hydrogen-bond donors (Lipinski definition) is 4. The lowest BCUT2D eigenvalue weighted by Crippen LogP contribution is -2.48. The Labute approximate surface area is 328 Å². The van der Waals surface area contributed by atoms with Gasteiger partial charge in [0.15, 0.2) is 5.60 Å². The van der Waals surface area contributed by atoms with Gasteiger partial charge in [-0.1, -0.05) is 104 Å². The molecule has 8 nitrogen and oxygen atoms in total. The van der Waals surface area contributed by atoms with Gasteiger partial charge in [0.05, 0.1) is 0 Å². The Morgan fingerprint density at radius 3 is 1.70 bits per heavy atom. The zero-order valence-electron chi connectivity index (χ0n) is 32.5. The van der Waals surface area contributed by atoms with Crippen molar-refractivity contribution in [3.05, 3.63) is 138 Å². The molecule has 0 aliphatic carbocycles. The van der Waals surface area contributed by atoms with Crippen molar-refractivity contribution in [2.24, 2.45) is 0 Å². The minimum atomic E-state index is -1.06. The Bertz CT molecular complexity index is 1540. The second-order valence-corrected chi connectivity index (χ2v) is 13.5. The topological polar surface area (TPSA) is 109 Å². The third-order valence-electron chi connectivity index (χ3n) is 7.99. The van der Waals surface area contributed by atoms with Crippen molar-refractivity contribution in [2.45, 2.75) is 84.2 Å². The number of allylic oxidation sites excluding steroid dienone is 12. The molecule has 0 saturated heterocycles. The molecular weight excluding hydrogens is 696 g/mol. The average Bonchev–Trinajstić information content (AvgIpc) is 3.16. The third-order valence-corrected chi connectivity index (χ3v) is 8.25. The van der Waals surface area contributed by atoms with Gasteiger partial charge in [0.25, 0.3) is 11.8 Å². The van der Waals surface area contributed by atoms with Crippen LogP contribution in [-0.2, 0) is 16.0 Å². The number of carbonyl (C=O) groups excluding carboxylic acids is 3. The van der Waals surface area contributed by atoms with E-state index in [1.807, 2.05) is 24.3 Å².